The van der Waals surface area contributed by atoms with Crippen molar-refractivity contribution in [2.75, 3.05) is 0 Å². The molecule has 5 rings (SSSR count). The lowest BCUT2D eigenvalue weighted by Gasteiger charge is -2.62. The van der Waals surface area contributed by atoms with E-state index in [9.17, 15) is 5.11 Å². The van der Waals surface area contributed by atoms with E-state index in [2.05, 4.69) is 45.8 Å². The van der Waals surface area contributed by atoms with Crippen molar-refractivity contribution in [1.29, 1.82) is 5.26 Å². The quantitative estimate of drug-likeness (QED) is 0.573. The van der Waals surface area contributed by atoms with E-state index in [0.717, 1.165) is 43.1 Å². The number of hydrogen-bond acceptors (Lipinski definition) is 3. The summed E-state index contributed by atoms with van der Waals surface area (Å²) in [6, 6.07) is 2.21. The molecule has 0 radical (unpaired) electrons. The summed E-state index contributed by atoms with van der Waals surface area (Å²) >= 11 is 0. The number of rotatable bonds is 4. The van der Waals surface area contributed by atoms with Gasteiger partial charge in [-0.05, 0) is 110 Å². The minimum atomic E-state index is -0.438. The number of nitrogens with zero attached hydrogens (tertiary/aromatic N) is 3. The van der Waals surface area contributed by atoms with Crippen LogP contribution in [0.1, 0.15) is 98.0 Å². The van der Waals surface area contributed by atoms with Crippen LogP contribution in [0.5, 0.6) is 0 Å². The third-order valence-corrected chi connectivity index (χ3v) is 11.8. The maximum Gasteiger partial charge on any atom is 0.102 e. The Morgan fingerprint density at radius 1 is 1.06 bits per heavy atom. The molecular weight excluding hydrogens is 406 g/mol. The van der Waals surface area contributed by atoms with E-state index >= 15 is 0 Å². The second-order valence-electron chi connectivity index (χ2n) is 13.4. The van der Waals surface area contributed by atoms with Crippen molar-refractivity contribution in [3.05, 3.63) is 18.0 Å². The zero-order valence-corrected chi connectivity index (χ0v) is 21.6. The molecule has 4 aliphatic carbocycles. The second kappa shape index (κ2) is 8.11. The summed E-state index contributed by atoms with van der Waals surface area (Å²) < 4.78 is 2.00. The predicted molar refractivity (Wildman–Crippen MR) is 131 cm³/mol. The standard InChI is InChI=1S/C29H45N3O/c1-19(2)29(33)13-12-27(4)22(14-29)6-7-23-25-9-8-24(28(25,5)11-10-26(23)27)20(3)17-32-18-21(15-30)16-31-32/h16,18-20,22-26,33H,6-14,17H2,1-5H3/t20-,22+,23-,24+,25-,26-,27-,28+,29+/m0/s1. The molecule has 0 spiro atoms. The van der Waals surface area contributed by atoms with Gasteiger partial charge in [0.15, 0.2) is 0 Å². The zero-order chi connectivity index (χ0) is 23.6. The van der Waals surface area contributed by atoms with Crippen LogP contribution >= 0.6 is 0 Å². The average molecular weight is 452 g/mol. The SMILES string of the molecule is CC(C)[C@@]1(O)CC[C@@]2(C)[C@H](CC[C@@H]3[C@@H]2CC[C@]2(C)[C@@H]([C@@H](C)Cn4cc(C#N)cn4)CC[C@@H]32)C1. The zero-order valence-electron chi connectivity index (χ0n) is 21.6. The van der Waals surface area contributed by atoms with E-state index in [1.165, 1.54) is 44.9 Å². The minimum absolute atomic E-state index is 0.366. The predicted octanol–water partition coefficient (Wildman–Crippen LogP) is 6.44. The number of nitriles is 1. The first-order valence-corrected chi connectivity index (χ1v) is 13.8. The first-order chi connectivity index (χ1) is 15.6. The van der Waals surface area contributed by atoms with Gasteiger partial charge in [0.1, 0.15) is 6.07 Å². The molecule has 1 aromatic heterocycles. The van der Waals surface area contributed by atoms with Crippen LogP contribution in [-0.4, -0.2) is 20.5 Å². The fourth-order valence-electron chi connectivity index (χ4n) is 9.72. The lowest BCUT2D eigenvalue weighted by Crippen LogP contribution is -2.57. The lowest BCUT2D eigenvalue weighted by atomic mass is 9.43. The Morgan fingerprint density at radius 3 is 2.52 bits per heavy atom. The monoisotopic (exact) mass is 451 g/mol. The molecule has 4 aliphatic rings. The van der Waals surface area contributed by atoms with Gasteiger partial charge < -0.3 is 5.11 Å². The van der Waals surface area contributed by atoms with Crippen molar-refractivity contribution in [1.82, 2.24) is 9.78 Å². The average Bonchev–Trinajstić information content (AvgIpc) is 3.37. The van der Waals surface area contributed by atoms with Gasteiger partial charge in [0.25, 0.3) is 0 Å². The fraction of sp³-hybridized carbons (Fsp3) is 0.862. The molecule has 0 aromatic carbocycles. The van der Waals surface area contributed by atoms with Crippen molar-refractivity contribution in [2.45, 2.75) is 105 Å². The summed E-state index contributed by atoms with van der Waals surface area (Å²) in [6.07, 6.45) is 15.1. The van der Waals surface area contributed by atoms with Gasteiger partial charge in [-0.25, -0.2) is 0 Å². The molecule has 4 heteroatoms. The summed E-state index contributed by atoms with van der Waals surface area (Å²) in [5.41, 5.74) is 1.10. The molecule has 1 heterocycles. The van der Waals surface area contributed by atoms with E-state index in [1.54, 1.807) is 6.20 Å². The van der Waals surface area contributed by atoms with Crippen LogP contribution in [0.15, 0.2) is 12.4 Å². The Kier molecular flexibility index (Phi) is 5.75. The van der Waals surface area contributed by atoms with Gasteiger partial charge in [0, 0.05) is 12.7 Å². The molecule has 1 aromatic rings. The number of hydrogen-bond donors (Lipinski definition) is 1. The van der Waals surface area contributed by atoms with Gasteiger partial charge in [0.2, 0.25) is 0 Å². The minimum Gasteiger partial charge on any atom is -0.390 e. The summed E-state index contributed by atoms with van der Waals surface area (Å²) in [7, 11) is 0. The van der Waals surface area contributed by atoms with Crippen LogP contribution in [0, 0.1) is 63.6 Å². The molecule has 4 fully saturated rings. The van der Waals surface area contributed by atoms with Crippen LogP contribution in [0.25, 0.3) is 0 Å². The normalized spacial score (nSPS) is 45.7. The van der Waals surface area contributed by atoms with E-state index in [1.807, 2.05) is 10.9 Å². The molecule has 9 atom stereocenters. The molecule has 0 bridgehead atoms. The summed E-state index contributed by atoms with van der Waals surface area (Å²) in [5, 5.41) is 24.9. The largest absolute Gasteiger partial charge is 0.390 e. The third kappa shape index (κ3) is 3.60. The highest BCUT2D eigenvalue weighted by Gasteiger charge is 2.61. The van der Waals surface area contributed by atoms with Crippen molar-refractivity contribution < 1.29 is 5.11 Å². The lowest BCUT2D eigenvalue weighted by molar-refractivity contribution is -0.162. The molecule has 0 amide bonds. The molecule has 182 valence electrons. The topological polar surface area (TPSA) is 61.8 Å². The molecule has 0 aliphatic heterocycles. The summed E-state index contributed by atoms with van der Waals surface area (Å²) in [5.74, 6) is 5.00. The molecular formula is C29H45N3O. The Labute approximate surface area is 201 Å². The van der Waals surface area contributed by atoms with Crippen molar-refractivity contribution in [3.63, 3.8) is 0 Å². The number of fused-ring (bicyclic) bond motifs is 5. The van der Waals surface area contributed by atoms with Gasteiger partial charge >= 0.3 is 0 Å². The molecule has 1 N–H and O–H groups in total. The highest BCUT2D eigenvalue weighted by atomic mass is 16.3. The van der Waals surface area contributed by atoms with Crippen LogP contribution in [-0.2, 0) is 6.54 Å². The highest BCUT2D eigenvalue weighted by molar-refractivity contribution is 5.21. The summed E-state index contributed by atoms with van der Waals surface area (Å²) in [4.78, 5) is 0. The molecule has 4 saturated carbocycles. The van der Waals surface area contributed by atoms with Crippen LogP contribution < -0.4 is 0 Å². The summed E-state index contributed by atoms with van der Waals surface area (Å²) in [6.45, 7) is 13.0. The van der Waals surface area contributed by atoms with Gasteiger partial charge in [-0.2, -0.15) is 10.4 Å². The maximum atomic E-state index is 11.3. The number of aliphatic hydroxyl groups is 1. The van der Waals surface area contributed by atoms with E-state index < -0.39 is 5.60 Å². The second-order valence-corrected chi connectivity index (χ2v) is 13.4. The van der Waals surface area contributed by atoms with Gasteiger partial charge in [-0.15, -0.1) is 0 Å². The van der Waals surface area contributed by atoms with Crippen LogP contribution in [0.3, 0.4) is 0 Å². The van der Waals surface area contributed by atoms with E-state index in [0.29, 0.717) is 34.1 Å². The Hall–Kier alpha value is -1.34. The first kappa shape index (κ1) is 23.4. The van der Waals surface area contributed by atoms with Crippen LogP contribution in [0.4, 0.5) is 0 Å². The smallest absolute Gasteiger partial charge is 0.102 e. The maximum absolute atomic E-state index is 11.3. The molecule has 4 nitrogen and oxygen atoms in total. The van der Waals surface area contributed by atoms with Gasteiger partial charge in [-0.1, -0.05) is 34.6 Å². The van der Waals surface area contributed by atoms with Gasteiger partial charge in [-0.3, -0.25) is 4.68 Å². The highest BCUT2D eigenvalue weighted by Crippen LogP contribution is 2.69. The third-order valence-electron chi connectivity index (χ3n) is 11.8. The van der Waals surface area contributed by atoms with Crippen LogP contribution in [0.2, 0.25) is 0 Å². The molecule has 0 saturated heterocycles. The Morgan fingerprint density at radius 2 is 1.82 bits per heavy atom. The van der Waals surface area contributed by atoms with Gasteiger partial charge in [0.05, 0.1) is 17.4 Å². The molecule has 0 unspecified atom stereocenters. The fourth-order valence-corrected chi connectivity index (χ4v) is 9.72. The van der Waals surface area contributed by atoms with Crippen molar-refractivity contribution in [3.8, 4) is 6.07 Å². The molecule has 33 heavy (non-hydrogen) atoms. The first-order valence-electron chi connectivity index (χ1n) is 13.8. The van der Waals surface area contributed by atoms with E-state index in [-0.39, 0.29) is 0 Å². The van der Waals surface area contributed by atoms with Crippen molar-refractivity contribution >= 4 is 0 Å². The van der Waals surface area contributed by atoms with Crippen molar-refractivity contribution in [2.24, 2.45) is 52.3 Å². The van der Waals surface area contributed by atoms with E-state index in [4.69, 9.17) is 5.26 Å². The Balaban J connectivity index is 1.32. The Bertz CT molecular complexity index is 916. The number of aromatic nitrogens is 2.